The molecule has 2 rings (SSSR count). The number of nitrogens with zero attached hydrogens (tertiary/aromatic N) is 1. The summed E-state index contributed by atoms with van der Waals surface area (Å²) in [5.41, 5.74) is 0. The van der Waals surface area contributed by atoms with Crippen LogP contribution in [-0.2, 0) is 11.3 Å². The topological polar surface area (TPSA) is 31.4 Å². The van der Waals surface area contributed by atoms with Gasteiger partial charge < -0.3 is 9.47 Å². The van der Waals surface area contributed by atoms with Gasteiger partial charge in [0, 0.05) is 5.92 Å². The van der Waals surface area contributed by atoms with Gasteiger partial charge in [0.1, 0.15) is 0 Å². The van der Waals surface area contributed by atoms with Gasteiger partial charge in [0.05, 0.1) is 16.5 Å². The van der Waals surface area contributed by atoms with Gasteiger partial charge in [-0.15, -0.1) is 11.3 Å². The number of hydrogen-bond acceptors (Lipinski definition) is 4. The Morgan fingerprint density at radius 1 is 1.50 bits per heavy atom. The predicted molar refractivity (Wildman–Crippen MR) is 46.5 cm³/mol. The van der Waals surface area contributed by atoms with E-state index in [0.29, 0.717) is 19.3 Å². The molecule has 0 amide bonds. The number of hydrogen-bond donors (Lipinski definition) is 0. The van der Waals surface area contributed by atoms with Gasteiger partial charge in [0.2, 0.25) is 5.88 Å². The number of rotatable bonds is 1. The second-order valence-electron chi connectivity index (χ2n) is 3.05. The van der Waals surface area contributed by atoms with Crippen LogP contribution in [0.1, 0.15) is 29.7 Å². The molecule has 0 atom stereocenters. The standard InChI is InChI=1S/C8H11NO2S/c1-5(2)8-9-7-6(12-8)3-10-4-11-7/h5H,3-4H2,1-2H3. The second-order valence-corrected chi connectivity index (χ2v) is 4.16. The van der Waals surface area contributed by atoms with Gasteiger partial charge in [-0.25, -0.2) is 4.98 Å². The molecule has 4 heteroatoms. The zero-order valence-corrected chi connectivity index (χ0v) is 7.98. The van der Waals surface area contributed by atoms with E-state index in [2.05, 4.69) is 18.8 Å². The second kappa shape index (κ2) is 3.03. The van der Waals surface area contributed by atoms with Crippen LogP contribution >= 0.6 is 11.3 Å². The van der Waals surface area contributed by atoms with Crippen molar-refractivity contribution in [3.63, 3.8) is 0 Å². The molecule has 66 valence electrons. The highest BCUT2D eigenvalue weighted by molar-refractivity contribution is 7.12. The predicted octanol–water partition coefficient (Wildman–Crippen LogP) is 2.13. The Hall–Kier alpha value is -0.610. The summed E-state index contributed by atoms with van der Waals surface area (Å²) < 4.78 is 10.4. The van der Waals surface area contributed by atoms with E-state index < -0.39 is 0 Å². The van der Waals surface area contributed by atoms with E-state index in [4.69, 9.17) is 9.47 Å². The first-order valence-corrected chi connectivity index (χ1v) is 4.79. The summed E-state index contributed by atoms with van der Waals surface area (Å²) in [6, 6.07) is 0. The minimum Gasteiger partial charge on any atom is -0.450 e. The monoisotopic (exact) mass is 185 g/mol. The summed E-state index contributed by atoms with van der Waals surface area (Å²) in [5, 5.41) is 1.13. The van der Waals surface area contributed by atoms with E-state index in [1.165, 1.54) is 0 Å². The molecule has 0 unspecified atom stereocenters. The molecule has 0 aliphatic carbocycles. The molecule has 1 aromatic rings. The molecule has 0 saturated heterocycles. The van der Waals surface area contributed by atoms with Crippen LogP contribution in [0.25, 0.3) is 0 Å². The third-order valence-corrected chi connectivity index (χ3v) is 2.99. The first-order valence-electron chi connectivity index (χ1n) is 3.97. The number of thiazole rings is 1. The maximum absolute atomic E-state index is 5.23. The minimum absolute atomic E-state index is 0.342. The van der Waals surface area contributed by atoms with Crippen LogP contribution in [0.2, 0.25) is 0 Å². The van der Waals surface area contributed by atoms with Gasteiger partial charge in [-0.3, -0.25) is 0 Å². The van der Waals surface area contributed by atoms with Gasteiger partial charge in [0.15, 0.2) is 6.79 Å². The van der Waals surface area contributed by atoms with Gasteiger partial charge >= 0.3 is 0 Å². The first-order chi connectivity index (χ1) is 5.77. The normalized spacial score (nSPS) is 15.9. The average molecular weight is 185 g/mol. The molecular weight excluding hydrogens is 174 g/mol. The van der Waals surface area contributed by atoms with Crippen LogP contribution < -0.4 is 4.74 Å². The maximum Gasteiger partial charge on any atom is 0.232 e. The van der Waals surface area contributed by atoms with Crippen molar-refractivity contribution in [3.05, 3.63) is 9.88 Å². The zero-order chi connectivity index (χ0) is 8.55. The van der Waals surface area contributed by atoms with E-state index in [9.17, 15) is 0 Å². The molecule has 1 aromatic heterocycles. The molecule has 0 aromatic carbocycles. The van der Waals surface area contributed by atoms with Crippen LogP contribution in [-0.4, -0.2) is 11.8 Å². The largest absolute Gasteiger partial charge is 0.450 e. The van der Waals surface area contributed by atoms with E-state index in [0.717, 1.165) is 15.8 Å². The van der Waals surface area contributed by atoms with Crippen molar-refractivity contribution in [2.24, 2.45) is 0 Å². The highest BCUT2D eigenvalue weighted by atomic mass is 32.1. The van der Waals surface area contributed by atoms with Crippen molar-refractivity contribution in [2.75, 3.05) is 6.79 Å². The Morgan fingerprint density at radius 3 is 3.00 bits per heavy atom. The number of fused-ring (bicyclic) bond motifs is 1. The number of ether oxygens (including phenoxy) is 2. The lowest BCUT2D eigenvalue weighted by atomic mass is 10.2. The Bertz CT molecular complexity index is 259. The molecule has 2 heterocycles. The summed E-state index contributed by atoms with van der Waals surface area (Å²) in [4.78, 5) is 5.48. The Balaban J connectivity index is 2.32. The fraction of sp³-hybridized carbons (Fsp3) is 0.625. The van der Waals surface area contributed by atoms with E-state index in [-0.39, 0.29) is 0 Å². The van der Waals surface area contributed by atoms with Crippen molar-refractivity contribution < 1.29 is 9.47 Å². The SMILES string of the molecule is CC(C)c1nc2c(s1)COCO2. The minimum atomic E-state index is 0.342. The quantitative estimate of drug-likeness (QED) is 0.671. The molecule has 0 saturated carbocycles. The fourth-order valence-corrected chi connectivity index (χ4v) is 1.99. The molecule has 3 nitrogen and oxygen atoms in total. The van der Waals surface area contributed by atoms with Gasteiger partial charge in [-0.2, -0.15) is 0 Å². The molecule has 0 bridgehead atoms. The van der Waals surface area contributed by atoms with Crippen LogP contribution in [0, 0.1) is 0 Å². The molecule has 1 aliphatic heterocycles. The highest BCUT2D eigenvalue weighted by Gasteiger charge is 2.17. The van der Waals surface area contributed by atoms with Crippen molar-refractivity contribution >= 4 is 11.3 Å². The molecule has 0 fully saturated rings. The molecule has 0 N–H and O–H groups in total. The summed E-state index contributed by atoms with van der Waals surface area (Å²) in [7, 11) is 0. The zero-order valence-electron chi connectivity index (χ0n) is 7.16. The summed E-state index contributed by atoms with van der Waals surface area (Å²) in [5.74, 6) is 1.25. The maximum atomic E-state index is 5.23. The smallest absolute Gasteiger partial charge is 0.232 e. The van der Waals surface area contributed by atoms with Crippen LogP contribution in [0.15, 0.2) is 0 Å². The molecular formula is C8H11NO2S. The first kappa shape index (κ1) is 8.01. The van der Waals surface area contributed by atoms with Crippen LogP contribution in [0.3, 0.4) is 0 Å². The van der Waals surface area contributed by atoms with Gasteiger partial charge in [-0.05, 0) is 0 Å². The highest BCUT2D eigenvalue weighted by Crippen LogP contribution is 2.32. The van der Waals surface area contributed by atoms with E-state index >= 15 is 0 Å². The summed E-state index contributed by atoms with van der Waals surface area (Å²) in [6.45, 7) is 5.25. The third kappa shape index (κ3) is 1.32. The van der Waals surface area contributed by atoms with Gasteiger partial charge in [0.25, 0.3) is 0 Å². The van der Waals surface area contributed by atoms with Gasteiger partial charge in [-0.1, -0.05) is 13.8 Å². The molecule has 1 aliphatic rings. The van der Waals surface area contributed by atoms with Crippen LogP contribution in [0.5, 0.6) is 5.88 Å². The molecule has 0 spiro atoms. The lowest BCUT2D eigenvalue weighted by Gasteiger charge is -2.10. The lowest BCUT2D eigenvalue weighted by Crippen LogP contribution is -2.09. The third-order valence-electron chi connectivity index (χ3n) is 1.68. The van der Waals surface area contributed by atoms with Crippen molar-refractivity contribution in [1.29, 1.82) is 0 Å². The Morgan fingerprint density at radius 2 is 2.33 bits per heavy atom. The average Bonchev–Trinajstić information content (AvgIpc) is 2.46. The van der Waals surface area contributed by atoms with Crippen molar-refractivity contribution in [2.45, 2.75) is 26.4 Å². The summed E-state index contributed by atoms with van der Waals surface area (Å²) >= 11 is 1.68. The molecule has 12 heavy (non-hydrogen) atoms. The summed E-state index contributed by atoms with van der Waals surface area (Å²) in [6.07, 6.45) is 0. The Kier molecular flexibility index (Phi) is 2.02. The van der Waals surface area contributed by atoms with Crippen LogP contribution in [0.4, 0.5) is 0 Å². The van der Waals surface area contributed by atoms with E-state index in [1.54, 1.807) is 11.3 Å². The molecule has 0 radical (unpaired) electrons. The Labute approximate surface area is 75.3 Å². The fourth-order valence-electron chi connectivity index (χ4n) is 1.04. The van der Waals surface area contributed by atoms with Crippen molar-refractivity contribution in [1.82, 2.24) is 4.98 Å². The van der Waals surface area contributed by atoms with E-state index in [1.807, 2.05) is 0 Å². The van der Waals surface area contributed by atoms with Crippen molar-refractivity contribution in [3.8, 4) is 5.88 Å². The number of aromatic nitrogens is 1. The lowest BCUT2D eigenvalue weighted by molar-refractivity contribution is -0.0170.